The van der Waals surface area contributed by atoms with Crippen molar-refractivity contribution >= 4 is 27.3 Å². The molecule has 0 unspecified atom stereocenters. The number of nitrogens with zero attached hydrogens (tertiary/aromatic N) is 1. The van der Waals surface area contributed by atoms with Gasteiger partial charge < -0.3 is 8.94 Å². The molecular formula is C14H10ClFN2O4S. The number of halogens is 2. The molecule has 0 amide bonds. The van der Waals surface area contributed by atoms with Gasteiger partial charge in [-0.25, -0.2) is 4.39 Å². The van der Waals surface area contributed by atoms with Gasteiger partial charge >= 0.3 is 0 Å². The molecule has 1 N–H and O–H groups in total. The van der Waals surface area contributed by atoms with Crippen LogP contribution in [0.1, 0.15) is 5.69 Å². The van der Waals surface area contributed by atoms with E-state index in [1.807, 2.05) is 0 Å². The predicted molar refractivity (Wildman–Crippen MR) is 81.2 cm³/mol. The van der Waals surface area contributed by atoms with Crippen molar-refractivity contribution in [2.24, 2.45) is 0 Å². The average molecular weight is 357 g/mol. The van der Waals surface area contributed by atoms with Crippen molar-refractivity contribution < 1.29 is 21.7 Å². The lowest BCUT2D eigenvalue weighted by Gasteiger charge is -2.06. The third kappa shape index (κ3) is 3.22. The van der Waals surface area contributed by atoms with Gasteiger partial charge in [0.1, 0.15) is 5.82 Å². The minimum Gasteiger partial charge on any atom is -0.439 e. The van der Waals surface area contributed by atoms with E-state index in [9.17, 15) is 12.8 Å². The average Bonchev–Trinajstić information content (AvgIpc) is 3.11. The molecule has 3 aromatic rings. The van der Waals surface area contributed by atoms with Crippen molar-refractivity contribution in [3.05, 3.63) is 52.9 Å². The Labute approximate surface area is 135 Å². The van der Waals surface area contributed by atoms with Crippen LogP contribution in [-0.2, 0) is 10.0 Å². The first-order valence-electron chi connectivity index (χ1n) is 6.36. The number of rotatable bonds is 4. The Morgan fingerprint density at radius 1 is 1.17 bits per heavy atom. The second-order valence-corrected chi connectivity index (χ2v) is 6.71. The lowest BCUT2D eigenvalue weighted by molar-refractivity contribution is 0.398. The highest BCUT2D eigenvalue weighted by Crippen LogP contribution is 2.27. The van der Waals surface area contributed by atoms with Crippen LogP contribution in [0.5, 0.6) is 0 Å². The molecule has 0 saturated heterocycles. The van der Waals surface area contributed by atoms with Crippen LogP contribution in [0.2, 0.25) is 5.02 Å². The van der Waals surface area contributed by atoms with E-state index < -0.39 is 15.8 Å². The van der Waals surface area contributed by atoms with Crippen molar-refractivity contribution in [1.29, 1.82) is 0 Å². The number of aryl methyl sites for hydroxylation is 1. The number of hydrogen-bond acceptors (Lipinski definition) is 5. The van der Waals surface area contributed by atoms with Crippen molar-refractivity contribution in [1.82, 2.24) is 5.16 Å². The van der Waals surface area contributed by atoms with E-state index in [0.717, 1.165) is 12.1 Å². The van der Waals surface area contributed by atoms with Crippen molar-refractivity contribution in [2.45, 2.75) is 12.0 Å². The highest BCUT2D eigenvalue weighted by atomic mass is 35.5. The van der Waals surface area contributed by atoms with E-state index in [2.05, 4.69) is 9.88 Å². The number of nitrogens with one attached hydrogen (secondary N) is 1. The molecule has 0 fully saturated rings. The SMILES string of the molecule is Cc1cc(-c2ccc(S(=O)(=O)Nc3ccc(F)c(Cl)c3)o2)on1. The molecule has 3 rings (SSSR count). The number of hydrogen-bond donors (Lipinski definition) is 1. The summed E-state index contributed by atoms with van der Waals surface area (Å²) in [6.07, 6.45) is 0. The van der Waals surface area contributed by atoms with Crippen LogP contribution in [0.4, 0.5) is 10.1 Å². The molecule has 23 heavy (non-hydrogen) atoms. The summed E-state index contributed by atoms with van der Waals surface area (Å²) in [4.78, 5) is 0. The van der Waals surface area contributed by atoms with E-state index in [4.69, 9.17) is 20.5 Å². The van der Waals surface area contributed by atoms with Gasteiger partial charge in [-0.2, -0.15) is 8.42 Å². The van der Waals surface area contributed by atoms with Gasteiger partial charge in [-0.3, -0.25) is 4.72 Å². The van der Waals surface area contributed by atoms with Crippen LogP contribution < -0.4 is 4.72 Å². The third-order valence-electron chi connectivity index (χ3n) is 2.89. The number of anilines is 1. The Kier molecular flexibility index (Phi) is 3.87. The fourth-order valence-corrected chi connectivity index (χ4v) is 3.01. The minimum absolute atomic E-state index is 0.116. The maximum atomic E-state index is 13.1. The van der Waals surface area contributed by atoms with E-state index in [1.54, 1.807) is 13.0 Å². The zero-order valence-corrected chi connectivity index (χ0v) is 13.3. The molecule has 0 aliphatic rings. The fraction of sp³-hybridized carbons (Fsp3) is 0.0714. The van der Waals surface area contributed by atoms with Gasteiger partial charge in [-0.05, 0) is 37.3 Å². The highest BCUT2D eigenvalue weighted by Gasteiger charge is 2.21. The Bertz CT molecular complexity index is 965. The molecular weight excluding hydrogens is 347 g/mol. The summed E-state index contributed by atoms with van der Waals surface area (Å²) in [7, 11) is -3.98. The molecule has 0 radical (unpaired) electrons. The van der Waals surface area contributed by atoms with Crippen LogP contribution in [-0.4, -0.2) is 13.6 Å². The Balaban J connectivity index is 1.88. The van der Waals surface area contributed by atoms with Gasteiger partial charge in [0.25, 0.3) is 10.0 Å². The van der Waals surface area contributed by atoms with Gasteiger partial charge in [0.2, 0.25) is 10.9 Å². The summed E-state index contributed by atoms with van der Waals surface area (Å²) in [6.45, 7) is 1.73. The maximum Gasteiger partial charge on any atom is 0.295 e. The minimum atomic E-state index is -3.98. The number of sulfonamides is 1. The maximum absolute atomic E-state index is 13.1. The lowest BCUT2D eigenvalue weighted by Crippen LogP contribution is -2.12. The number of furan rings is 1. The quantitative estimate of drug-likeness (QED) is 0.767. The second-order valence-electron chi connectivity index (χ2n) is 4.69. The third-order valence-corrected chi connectivity index (χ3v) is 4.43. The van der Waals surface area contributed by atoms with Crippen LogP contribution in [0.3, 0.4) is 0 Å². The molecule has 0 saturated carbocycles. The number of benzene rings is 1. The van der Waals surface area contributed by atoms with Crippen LogP contribution in [0, 0.1) is 12.7 Å². The van der Waals surface area contributed by atoms with E-state index in [1.165, 1.54) is 18.2 Å². The second kappa shape index (κ2) is 5.71. The first-order valence-corrected chi connectivity index (χ1v) is 8.23. The summed E-state index contributed by atoms with van der Waals surface area (Å²) < 4.78 is 50.2. The molecule has 9 heteroatoms. The lowest BCUT2D eigenvalue weighted by atomic mass is 10.3. The number of aromatic nitrogens is 1. The zero-order chi connectivity index (χ0) is 16.6. The summed E-state index contributed by atoms with van der Waals surface area (Å²) in [5.74, 6) is -0.104. The van der Waals surface area contributed by atoms with Gasteiger partial charge in [0, 0.05) is 6.07 Å². The summed E-state index contributed by atoms with van der Waals surface area (Å²) >= 11 is 5.62. The van der Waals surface area contributed by atoms with E-state index in [0.29, 0.717) is 11.5 Å². The highest BCUT2D eigenvalue weighted by molar-refractivity contribution is 7.92. The first kappa shape index (κ1) is 15.6. The van der Waals surface area contributed by atoms with Crippen LogP contribution in [0.25, 0.3) is 11.5 Å². The van der Waals surface area contributed by atoms with Crippen molar-refractivity contribution in [3.8, 4) is 11.5 Å². The van der Waals surface area contributed by atoms with Crippen LogP contribution in [0.15, 0.2) is 50.4 Å². The molecule has 0 bridgehead atoms. The smallest absolute Gasteiger partial charge is 0.295 e. The molecule has 0 spiro atoms. The monoisotopic (exact) mass is 356 g/mol. The topological polar surface area (TPSA) is 85.3 Å². The molecule has 0 aliphatic heterocycles. The summed E-state index contributed by atoms with van der Waals surface area (Å²) in [5, 5.41) is 3.19. The zero-order valence-electron chi connectivity index (χ0n) is 11.7. The Morgan fingerprint density at radius 2 is 1.96 bits per heavy atom. The molecule has 120 valence electrons. The van der Waals surface area contributed by atoms with Gasteiger partial charge in [0.05, 0.1) is 16.4 Å². The van der Waals surface area contributed by atoms with E-state index >= 15 is 0 Å². The van der Waals surface area contributed by atoms with Crippen LogP contribution >= 0.6 is 11.6 Å². The normalized spacial score (nSPS) is 11.6. The molecule has 0 atom stereocenters. The summed E-state index contributed by atoms with van der Waals surface area (Å²) in [5.41, 5.74) is 0.754. The first-order chi connectivity index (χ1) is 10.8. The molecule has 2 aromatic heterocycles. The molecule has 0 aliphatic carbocycles. The Morgan fingerprint density at radius 3 is 2.61 bits per heavy atom. The van der Waals surface area contributed by atoms with Gasteiger partial charge in [-0.1, -0.05) is 16.8 Å². The van der Waals surface area contributed by atoms with Crippen molar-refractivity contribution in [2.75, 3.05) is 4.72 Å². The fourth-order valence-electron chi connectivity index (χ4n) is 1.84. The standard InChI is InChI=1S/C14H10ClFN2O4S/c1-8-6-13(22-17-8)12-4-5-14(21-12)23(19,20)18-9-2-3-11(16)10(15)7-9/h2-7,18H,1H3. The largest absolute Gasteiger partial charge is 0.439 e. The molecule has 1 aromatic carbocycles. The van der Waals surface area contributed by atoms with Gasteiger partial charge in [0.15, 0.2) is 5.76 Å². The van der Waals surface area contributed by atoms with E-state index in [-0.39, 0.29) is 21.6 Å². The predicted octanol–water partition coefficient (Wildman–Crippen LogP) is 3.84. The summed E-state index contributed by atoms with van der Waals surface area (Å²) in [6, 6.07) is 7.82. The van der Waals surface area contributed by atoms with Gasteiger partial charge in [-0.15, -0.1) is 0 Å². The molecule has 6 nitrogen and oxygen atoms in total. The molecule has 2 heterocycles. The van der Waals surface area contributed by atoms with Crippen molar-refractivity contribution in [3.63, 3.8) is 0 Å². The Hall–Kier alpha value is -2.32.